The number of hydrogen-bond donors (Lipinski definition) is 2. The van der Waals surface area contributed by atoms with Crippen LogP contribution in [0.15, 0.2) is 70.3 Å². The average molecular weight is 449 g/mol. The minimum atomic E-state index is -0.700. The number of aromatic amines is 1. The Morgan fingerprint density at radius 2 is 1.82 bits per heavy atom. The van der Waals surface area contributed by atoms with Gasteiger partial charge in [0, 0.05) is 19.7 Å². The lowest BCUT2D eigenvalue weighted by Gasteiger charge is -2.19. The van der Waals surface area contributed by atoms with Gasteiger partial charge in [-0.25, -0.2) is 4.79 Å². The summed E-state index contributed by atoms with van der Waals surface area (Å²) in [6, 6.07) is 17.2. The first-order chi connectivity index (χ1) is 15.9. The SMILES string of the molecule is CCCCn1c(N)c(N(C)C(=O)/C=C/c2ccc(OCc3ccccc3)cc2)c(=O)[nH]c1=O. The number of nitrogen functional groups attached to an aromatic ring is 1. The Kier molecular flexibility index (Phi) is 7.86. The summed E-state index contributed by atoms with van der Waals surface area (Å²) in [7, 11) is 1.45. The summed E-state index contributed by atoms with van der Waals surface area (Å²) in [4.78, 5) is 40.5. The number of hydrogen-bond acceptors (Lipinski definition) is 5. The van der Waals surface area contributed by atoms with Crippen LogP contribution in [-0.2, 0) is 17.9 Å². The summed E-state index contributed by atoms with van der Waals surface area (Å²) < 4.78 is 7.04. The molecule has 3 aromatic rings. The number of benzene rings is 2. The second-order valence-corrected chi connectivity index (χ2v) is 7.57. The molecular formula is C25H28N4O4. The summed E-state index contributed by atoms with van der Waals surface area (Å²) in [6.45, 7) is 2.81. The minimum Gasteiger partial charge on any atom is -0.489 e. The number of nitrogens with two attached hydrogens (primary N) is 1. The van der Waals surface area contributed by atoms with Crippen LogP contribution in [0.25, 0.3) is 6.08 Å². The van der Waals surface area contributed by atoms with E-state index in [2.05, 4.69) is 4.98 Å². The van der Waals surface area contributed by atoms with Gasteiger partial charge in [-0.15, -0.1) is 0 Å². The molecule has 0 aliphatic rings. The lowest BCUT2D eigenvalue weighted by molar-refractivity contribution is -0.113. The van der Waals surface area contributed by atoms with Crippen LogP contribution in [-0.4, -0.2) is 22.5 Å². The monoisotopic (exact) mass is 448 g/mol. The van der Waals surface area contributed by atoms with E-state index < -0.39 is 17.2 Å². The molecule has 3 N–H and O–H groups in total. The van der Waals surface area contributed by atoms with Crippen LogP contribution < -0.4 is 26.6 Å². The number of unbranched alkanes of at least 4 members (excludes halogenated alkanes) is 1. The highest BCUT2D eigenvalue weighted by Crippen LogP contribution is 2.18. The third-order valence-corrected chi connectivity index (χ3v) is 5.16. The Labute approximate surface area is 191 Å². The Bertz CT molecular complexity index is 1230. The first kappa shape index (κ1) is 23.6. The maximum Gasteiger partial charge on any atom is 0.330 e. The molecule has 2 aromatic carbocycles. The van der Waals surface area contributed by atoms with Gasteiger partial charge in [-0.05, 0) is 35.8 Å². The summed E-state index contributed by atoms with van der Waals surface area (Å²) in [5.74, 6) is 0.242. The number of nitrogens with one attached hydrogen (secondary N) is 1. The fourth-order valence-electron chi connectivity index (χ4n) is 3.25. The van der Waals surface area contributed by atoms with Gasteiger partial charge in [-0.2, -0.15) is 0 Å². The zero-order valence-electron chi connectivity index (χ0n) is 18.8. The number of aromatic nitrogens is 2. The van der Waals surface area contributed by atoms with Crippen LogP contribution in [0.2, 0.25) is 0 Å². The number of H-pyrrole nitrogens is 1. The van der Waals surface area contributed by atoms with Gasteiger partial charge in [0.15, 0.2) is 5.69 Å². The van der Waals surface area contributed by atoms with Crippen molar-refractivity contribution in [3.05, 3.63) is 92.6 Å². The van der Waals surface area contributed by atoms with E-state index in [0.29, 0.717) is 18.9 Å². The molecule has 0 unspecified atom stereocenters. The molecule has 33 heavy (non-hydrogen) atoms. The third kappa shape index (κ3) is 6.00. The van der Waals surface area contributed by atoms with E-state index in [1.165, 1.54) is 17.7 Å². The van der Waals surface area contributed by atoms with E-state index in [1.54, 1.807) is 6.08 Å². The number of ether oxygens (including phenoxy) is 1. The molecule has 1 aromatic heterocycles. The molecule has 1 amide bonds. The van der Waals surface area contributed by atoms with Crippen molar-refractivity contribution in [1.82, 2.24) is 9.55 Å². The topological polar surface area (TPSA) is 110 Å². The molecule has 0 saturated heterocycles. The quantitative estimate of drug-likeness (QED) is 0.489. The fraction of sp³-hybridized carbons (Fsp3) is 0.240. The smallest absolute Gasteiger partial charge is 0.330 e. The van der Waals surface area contributed by atoms with Crippen LogP contribution in [0, 0.1) is 0 Å². The number of anilines is 2. The van der Waals surface area contributed by atoms with E-state index in [9.17, 15) is 14.4 Å². The summed E-state index contributed by atoms with van der Waals surface area (Å²) >= 11 is 0. The van der Waals surface area contributed by atoms with E-state index in [4.69, 9.17) is 10.5 Å². The van der Waals surface area contributed by atoms with Crippen molar-refractivity contribution < 1.29 is 9.53 Å². The Morgan fingerprint density at radius 1 is 1.12 bits per heavy atom. The summed E-state index contributed by atoms with van der Waals surface area (Å²) in [6.07, 6.45) is 4.56. The van der Waals surface area contributed by atoms with Gasteiger partial charge in [0.2, 0.25) is 0 Å². The molecule has 1 heterocycles. The second-order valence-electron chi connectivity index (χ2n) is 7.57. The Balaban J connectivity index is 1.69. The van der Waals surface area contributed by atoms with Gasteiger partial charge >= 0.3 is 5.69 Å². The van der Waals surface area contributed by atoms with Crippen molar-refractivity contribution in [2.45, 2.75) is 32.9 Å². The standard InChI is InChI=1S/C25H28N4O4/c1-3-4-16-29-23(26)22(24(31)27-25(29)32)28(2)21(30)15-12-18-10-13-20(14-11-18)33-17-19-8-6-5-7-9-19/h5-15H,3-4,16-17,26H2,1-2H3,(H,27,31,32)/b15-12+. The van der Waals surface area contributed by atoms with Gasteiger partial charge in [0.25, 0.3) is 11.5 Å². The zero-order chi connectivity index (χ0) is 23.8. The zero-order valence-corrected chi connectivity index (χ0v) is 18.8. The van der Waals surface area contributed by atoms with Gasteiger partial charge < -0.3 is 15.4 Å². The van der Waals surface area contributed by atoms with Gasteiger partial charge in [-0.3, -0.25) is 19.1 Å². The highest BCUT2D eigenvalue weighted by molar-refractivity contribution is 6.04. The molecular weight excluding hydrogens is 420 g/mol. The normalized spacial score (nSPS) is 11.0. The highest BCUT2D eigenvalue weighted by Gasteiger charge is 2.19. The van der Waals surface area contributed by atoms with Gasteiger partial charge in [0.1, 0.15) is 18.2 Å². The second kappa shape index (κ2) is 11.0. The van der Waals surface area contributed by atoms with E-state index in [1.807, 2.05) is 61.5 Å². The number of amides is 1. The number of carbonyl (C=O) groups is 1. The minimum absolute atomic E-state index is 0.0265. The molecule has 8 heteroatoms. The Morgan fingerprint density at radius 3 is 2.48 bits per heavy atom. The molecule has 0 aliphatic carbocycles. The number of carbonyl (C=O) groups excluding carboxylic acids is 1. The molecule has 172 valence electrons. The average Bonchev–Trinajstić information content (AvgIpc) is 2.82. The van der Waals surface area contributed by atoms with Crippen LogP contribution >= 0.6 is 0 Å². The molecule has 0 fully saturated rings. The van der Waals surface area contributed by atoms with Crippen molar-refractivity contribution in [3.63, 3.8) is 0 Å². The fourth-order valence-corrected chi connectivity index (χ4v) is 3.25. The van der Waals surface area contributed by atoms with Crippen LogP contribution in [0.5, 0.6) is 5.75 Å². The predicted octanol–water partition coefficient (Wildman–Crippen LogP) is 3.17. The number of rotatable bonds is 9. The van der Waals surface area contributed by atoms with Crippen molar-refractivity contribution in [2.24, 2.45) is 0 Å². The van der Waals surface area contributed by atoms with Crippen LogP contribution in [0.4, 0.5) is 11.5 Å². The van der Waals surface area contributed by atoms with Crippen molar-refractivity contribution in [2.75, 3.05) is 17.7 Å². The highest BCUT2D eigenvalue weighted by atomic mass is 16.5. The molecule has 0 atom stereocenters. The van der Waals surface area contributed by atoms with Crippen molar-refractivity contribution >= 4 is 23.5 Å². The predicted molar refractivity (Wildman–Crippen MR) is 130 cm³/mol. The van der Waals surface area contributed by atoms with Crippen LogP contribution in [0.1, 0.15) is 30.9 Å². The Hall–Kier alpha value is -4.07. The lowest BCUT2D eigenvalue weighted by atomic mass is 10.2. The number of likely N-dealkylation sites (N-methyl/N-ethyl adjacent to an activating group) is 1. The van der Waals surface area contributed by atoms with E-state index in [-0.39, 0.29) is 11.5 Å². The van der Waals surface area contributed by atoms with E-state index >= 15 is 0 Å². The van der Waals surface area contributed by atoms with Crippen molar-refractivity contribution in [3.8, 4) is 5.75 Å². The summed E-state index contributed by atoms with van der Waals surface area (Å²) in [5, 5.41) is 0. The van der Waals surface area contributed by atoms with Gasteiger partial charge in [-0.1, -0.05) is 55.8 Å². The third-order valence-electron chi connectivity index (χ3n) is 5.16. The number of nitrogens with zero attached hydrogens (tertiary/aromatic N) is 2. The van der Waals surface area contributed by atoms with Crippen molar-refractivity contribution in [1.29, 1.82) is 0 Å². The lowest BCUT2D eigenvalue weighted by Crippen LogP contribution is -2.38. The molecule has 0 saturated carbocycles. The molecule has 8 nitrogen and oxygen atoms in total. The molecule has 0 bridgehead atoms. The van der Waals surface area contributed by atoms with Crippen LogP contribution in [0.3, 0.4) is 0 Å². The van der Waals surface area contributed by atoms with E-state index in [0.717, 1.165) is 28.9 Å². The first-order valence-corrected chi connectivity index (χ1v) is 10.8. The molecule has 0 aliphatic heterocycles. The molecule has 0 spiro atoms. The maximum absolute atomic E-state index is 12.7. The maximum atomic E-state index is 12.7. The largest absolute Gasteiger partial charge is 0.489 e. The molecule has 0 radical (unpaired) electrons. The molecule has 3 rings (SSSR count). The summed E-state index contributed by atoms with van der Waals surface area (Å²) in [5.41, 5.74) is 6.60. The van der Waals surface area contributed by atoms with Gasteiger partial charge in [0.05, 0.1) is 0 Å². The first-order valence-electron chi connectivity index (χ1n) is 10.8.